The molecule has 2 saturated heterocycles. The normalized spacial score (nSPS) is 23.4. The third-order valence-corrected chi connectivity index (χ3v) is 7.54. The van der Waals surface area contributed by atoms with Crippen LogP contribution in [0.1, 0.15) is 49.7 Å². The number of anilines is 1. The summed E-state index contributed by atoms with van der Waals surface area (Å²) in [5.41, 5.74) is 0.510. The molecule has 2 bridgehead atoms. The molecule has 11 heteroatoms. The van der Waals surface area contributed by atoms with E-state index in [2.05, 4.69) is 14.6 Å². The number of piperidine rings is 1. The summed E-state index contributed by atoms with van der Waals surface area (Å²) in [5.74, 6) is -0.733. The van der Waals surface area contributed by atoms with Crippen LogP contribution in [0.15, 0.2) is 53.9 Å². The molecule has 39 heavy (non-hydrogen) atoms. The van der Waals surface area contributed by atoms with Crippen LogP contribution in [-0.4, -0.2) is 58.0 Å². The van der Waals surface area contributed by atoms with Crippen LogP contribution in [0, 0.1) is 11.3 Å². The summed E-state index contributed by atoms with van der Waals surface area (Å²) in [6.45, 7) is -0.0895. The summed E-state index contributed by atoms with van der Waals surface area (Å²) in [7, 11) is 0. The van der Waals surface area contributed by atoms with Crippen molar-refractivity contribution in [1.82, 2.24) is 4.98 Å². The number of aliphatic hydroxyl groups excluding tert-OH is 1. The molecule has 1 aliphatic carbocycles. The first-order valence-electron chi connectivity index (χ1n) is 13.0. The number of allylic oxidation sites excluding steroid dienone is 1. The molecule has 208 valence electrons. The molecule has 5 rings (SSSR count). The van der Waals surface area contributed by atoms with Gasteiger partial charge in [0.2, 0.25) is 0 Å². The second-order valence-electron chi connectivity index (χ2n) is 10.3. The van der Waals surface area contributed by atoms with Crippen LogP contribution in [0.2, 0.25) is 0 Å². The third kappa shape index (κ3) is 6.35. The average molecular weight is 546 g/mol. The molecule has 3 fully saturated rings. The van der Waals surface area contributed by atoms with Gasteiger partial charge in [-0.2, -0.15) is 0 Å². The van der Waals surface area contributed by atoms with Crippen molar-refractivity contribution in [2.75, 3.05) is 11.5 Å². The fourth-order valence-corrected chi connectivity index (χ4v) is 5.61. The number of aromatic nitrogens is 1. The fourth-order valence-electron chi connectivity index (χ4n) is 5.61. The Morgan fingerprint density at radius 1 is 1.05 bits per heavy atom. The molecule has 0 radical (unpaired) electrons. The number of nitrogens with one attached hydrogen (secondary N) is 1. The lowest BCUT2D eigenvalue weighted by Crippen LogP contribution is -2.46. The Balaban J connectivity index is 1.28. The van der Waals surface area contributed by atoms with Gasteiger partial charge in [-0.3, -0.25) is 10.2 Å². The predicted molar refractivity (Wildman–Crippen MR) is 136 cm³/mol. The van der Waals surface area contributed by atoms with Crippen molar-refractivity contribution in [3.05, 3.63) is 65.1 Å². The maximum absolute atomic E-state index is 13.0. The van der Waals surface area contributed by atoms with Gasteiger partial charge in [-0.05, 0) is 62.3 Å². The summed E-state index contributed by atoms with van der Waals surface area (Å²) < 4.78 is 49.3. The van der Waals surface area contributed by atoms with Crippen LogP contribution in [-0.2, 0) is 16.0 Å². The maximum Gasteiger partial charge on any atom is 0.573 e. The number of carboxylic acids is 1. The van der Waals surface area contributed by atoms with Crippen molar-refractivity contribution in [2.24, 2.45) is 5.92 Å². The Morgan fingerprint density at radius 2 is 1.74 bits per heavy atom. The first-order chi connectivity index (χ1) is 18.6. The highest BCUT2D eigenvalue weighted by Crippen LogP contribution is 2.41. The zero-order chi connectivity index (χ0) is 27.7. The molecule has 3 heterocycles. The van der Waals surface area contributed by atoms with Gasteiger partial charge in [0.1, 0.15) is 17.3 Å². The largest absolute Gasteiger partial charge is 0.573 e. The number of halogens is 3. The minimum absolute atomic E-state index is 0.00660. The van der Waals surface area contributed by atoms with Crippen molar-refractivity contribution in [3.8, 4) is 5.75 Å². The Bertz CT molecular complexity index is 1250. The first-order valence-corrected chi connectivity index (χ1v) is 13.0. The zero-order valence-electron chi connectivity index (χ0n) is 21.2. The molecule has 2 aliphatic heterocycles. The maximum atomic E-state index is 13.0. The molecule has 3 atom stereocenters. The minimum Gasteiger partial charge on any atom is -0.512 e. The van der Waals surface area contributed by atoms with E-state index in [1.165, 1.54) is 18.2 Å². The second kappa shape index (κ2) is 10.9. The van der Waals surface area contributed by atoms with Crippen molar-refractivity contribution >= 4 is 17.5 Å². The van der Waals surface area contributed by atoms with Gasteiger partial charge in [0.25, 0.3) is 0 Å². The Kier molecular flexibility index (Phi) is 7.53. The summed E-state index contributed by atoms with van der Waals surface area (Å²) in [6.07, 6.45) is 1.27. The highest BCUT2D eigenvalue weighted by molar-refractivity contribution is 6.12. The van der Waals surface area contributed by atoms with Crippen LogP contribution in [0.4, 0.5) is 19.0 Å². The Hall–Kier alpha value is -3.60. The van der Waals surface area contributed by atoms with Gasteiger partial charge in [0.15, 0.2) is 0 Å². The van der Waals surface area contributed by atoms with E-state index in [0.717, 1.165) is 37.6 Å². The third-order valence-electron chi connectivity index (χ3n) is 7.54. The van der Waals surface area contributed by atoms with Gasteiger partial charge in [0.05, 0.1) is 24.8 Å². The van der Waals surface area contributed by atoms with E-state index in [9.17, 15) is 23.1 Å². The number of nitrogens with zero attached hydrogens (tertiary/aromatic N) is 2. The van der Waals surface area contributed by atoms with E-state index in [1.807, 2.05) is 6.07 Å². The number of aliphatic carboxylic acids is 1. The molecule has 2 aromatic rings. The number of hydrogen-bond donors (Lipinski definition) is 3. The van der Waals surface area contributed by atoms with E-state index in [0.29, 0.717) is 18.4 Å². The summed E-state index contributed by atoms with van der Waals surface area (Å²) in [4.78, 5) is 17.7. The Morgan fingerprint density at radius 3 is 2.33 bits per heavy atom. The predicted octanol–water partition coefficient (Wildman–Crippen LogP) is 5.41. The lowest BCUT2D eigenvalue weighted by Gasteiger charge is -2.39. The van der Waals surface area contributed by atoms with E-state index in [-0.39, 0.29) is 59.7 Å². The number of hydrogen-bond acceptors (Lipinski definition) is 7. The van der Waals surface area contributed by atoms with Gasteiger partial charge in [-0.1, -0.05) is 18.2 Å². The average Bonchev–Trinajstić information content (AvgIpc) is 3.69. The molecule has 1 saturated carbocycles. The second-order valence-corrected chi connectivity index (χ2v) is 10.3. The molecule has 3 N–H and O–H groups in total. The number of fused-ring (bicyclic) bond motifs is 2. The smallest absolute Gasteiger partial charge is 0.512 e. The van der Waals surface area contributed by atoms with E-state index in [4.69, 9.17) is 15.3 Å². The monoisotopic (exact) mass is 545 g/mol. The van der Waals surface area contributed by atoms with E-state index >= 15 is 0 Å². The van der Waals surface area contributed by atoms with E-state index in [1.54, 1.807) is 12.3 Å². The summed E-state index contributed by atoms with van der Waals surface area (Å²) in [6, 6.07) is 9.43. The molecule has 3 aliphatic rings. The van der Waals surface area contributed by atoms with Gasteiger partial charge in [-0.25, -0.2) is 4.98 Å². The van der Waals surface area contributed by atoms with E-state index < -0.39 is 18.1 Å². The number of carboxylic acid groups (broad SMARTS) is 1. The number of alkyl halides is 3. The number of benzene rings is 1. The molecular formula is C28H30F3N3O5. The van der Waals surface area contributed by atoms with Crippen LogP contribution < -0.4 is 9.64 Å². The zero-order valence-corrected chi connectivity index (χ0v) is 21.2. The van der Waals surface area contributed by atoms with Gasteiger partial charge >= 0.3 is 12.3 Å². The van der Waals surface area contributed by atoms with Gasteiger partial charge in [0, 0.05) is 35.3 Å². The van der Waals surface area contributed by atoms with Crippen LogP contribution in [0.3, 0.4) is 0 Å². The number of carbonyl (C=O) groups is 1. The lowest BCUT2D eigenvalue weighted by molar-refractivity contribution is -0.274. The fraction of sp³-hybridized carbons (Fsp3) is 0.464. The number of ether oxygens (including phenoxy) is 2. The number of pyridine rings is 1. The molecule has 2 unspecified atom stereocenters. The highest BCUT2D eigenvalue weighted by Gasteiger charge is 2.42. The molecule has 1 aromatic carbocycles. The summed E-state index contributed by atoms with van der Waals surface area (Å²) in [5, 5.41) is 28.5. The van der Waals surface area contributed by atoms with Gasteiger partial charge in [-0.15, -0.1) is 13.2 Å². The molecule has 8 nitrogen and oxygen atoms in total. The topological polar surface area (TPSA) is 116 Å². The molecule has 1 aromatic heterocycles. The lowest BCUT2D eigenvalue weighted by atomic mass is 9.97. The van der Waals surface area contributed by atoms with Crippen LogP contribution >= 0.6 is 0 Å². The SMILES string of the molecule is N=C(/C(COC1CC2CC[C@@H](C1)N2c1ccc(CC(=O)O)cn1)=C(\O)C1CC1)c1ccccc1OC(F)(F)F. The quantitative estimate of drug-likeness (QED) is 0.270. The van der Waals surface area contributed by atoms with Crippen molar-refractivity contribution < 1.29 is 37.7 Å². The highest BCUT2D eigenvalue weighted by atomic mass is 19.4. The summed E-state index contributed by atoms with van der Waals surface area (Å²) >= 11 is 0. The van der Waals surface area contributed by atoms with Crippen LogP contribution in [0.25, 0.3) is 0 Å². The first kappa shape index (κ1) is 27.0. The Labute approximate surface area is 223 Å². The number of rotatable bonds is 10. The standard InChI is InChI=1S/C28H30F3N3O5/c29-28(30,31)39-23-4-2-1-3-21(23)26(32)22(27(37)17-6-7-17)15-38-20-12-18-8-9-19(13-20)34(18)24-10-5-16(14-33-24)11-25(35)36/h1-5,10,14,17-20,32,37H,6-9,11-13,15H2,(H,35,36)/b27-22-,32-26?/t18-,19?,20?/m0/s1. The molecular weight excluding hydrogens is 515 g/mol. The molecule has 0 amide bonds. The van der Waals surface area contributed by atoms with Crippen molar-refractivity contribution in [2.45, 2.75) is 69.5 Å². The minimum atomic E-state index is -4.91. The van der Waals surface area contributed by atoms with Crippen molar-refractivity contribution in [3.63, 3.8) is 0 Å². The number of aliphatic hydroxyl groups is 1. The van der Waals surface area contributed by atoms with Gasteiger partial charge < -0.3 is 24.6 Å². The van der Waals surface area contributed by atoms with Crippen LogP contribution in [0.5, 0.6) is 5.75 Å². The number of para-hydroxylation sites is 1. The molecule has 0 spiro atoms. The van der Waals surface area contributed by atoms with Crippen molar-refractivity contribution in [1.29, 1.82) is 5.41 Å².